The van der Waals surface area contributed by atoms with E-state index in [1.165, 1.54) is 0 Å². The Morgan fingerprint density at radius 2 is 2.27 bits per heavy atom. The van der Waals surface area contributed by atoms with E-state index in [0.717, 1.165) is 5.56 Å². The summed E-state index contributed by atoms with van der Waals surface area (Å²) < 4.78 is 5.11. The van der Waals surface area contributed by atoms with Crippen LogP contribution in [0.25, 0.3) is 11.4 Å². The Balaban J connectivity index is 1.80. The number of nitrogens with one attached hydrogen (secondary N) is 2. The largest absolute Gasteiger partial charge is 0.355 e. The van der Waals surface area contributed by atoms with Crippen LogP contribution < -0.4 is 10.6 Å². The Bertz CT molecular complexity index is 624. The maximum absolute atomic E-state index is 11.8. The number of likely N-dealkylation sites (N-methyl/N-ethyl adjacent to an activating group) is 1. The Hall–Kier alpha value is -2.22. The van der Waals surface area contributed by atoms with Crippen molar-refractivity contribution in [2.75, 3.05) is 6.54 Å². The third-order valence-electron chi connectivity index (χ3n) is 2.94. The second-order valence-electron chi connectivity index (χ2n) is 4.71. The molecule has 7 nitrogen and oxygen atoms in total. The van der Waals surface area contributed by atoms with Crippen LogP contribution in [0.4, 0.5) is 0 Å². The van der Waals surface area contributed by atoms with Gasteiger partial charge in [0.25, 0.3) is 0 Å². The van der Waals surface area contributed by atoms with Crippen molar-refractivity contribution < 1.29 is 14.1 Å². The van der Waals surface area contributed by atoms with Gasteiger partial charge in [0.1, 0.15) is 6.04 Å². The minimum atomic E-state index is -0.559. The minimum absolute atomic E-state index is 0.189. The SMILES string of the molecule is CCNC(=O)[C@H](C)NC(=O)CCc1nc(-c2ccsc2)no1. The molecule has 0 unspecified atom stereocenters. The molecule has 0 aliphatic heterocycles. The molecule has 0 spiro atoms. The Morgan fingerprint density at radius 1 is 1.45 bits per heavy atom. The zero-order chi connectivity index (χ0) is 15.9. The summed E-state index contributed by atoms with van der Waals surface area (Å²) in [4.78, 5) is 27.6. The predicted molar refractivity (Wildman–Crippen MR) is 82.2 cm³/mol. The van der Waals surface area contributed by atoms with Crippen LogP contribution in [-0.2, 0) is 16.0 Å². The highest BCUT2D eigenvalue weighted by atomic mass is 32.1. The van der Waals surface area contributed by atoms with Gasteiger partial charge in [-0.2, -0.15) is 16.3 Å². The summed E-state index contributed by atoms with van der Waals surface area (Å²) in [5.41, 5.74) is 0.898. The summed E-state index contributed by atoms with van der Waals surface area (Å²) in [6.45, 7) is 4.00. The van der Waals surface area contributed by atoms with Crippen LogP contribution in [0.3, 0.4) is 0 Å². The van der Waals surface area contributed by atoms with E-state index in [2.05, 4.69) is 20.8 Å². The average molecular weight is 322 g/mol. The lowest BCUT2D eigenvalue weighted by atomic mass is 10.2. The lowest BCUT2D eigenvalue weighted by Gasteiger charge is -2.12. The summed E-state index contributed by atoms with van der Waals surface area (Å²) in [6, 6.07) is 1.34. The molecule has 118 valence electrons. The van der Waals surface area contributed by atoms with Crippen LogP contribution >= 0.6 is 11.3 Å². The van der Waals surface area contributed by atoms with E-state index in [9.17, 15) is 9.59 Å². The van der Waals surface area contributed by atoms with Crippen molar-refractivity contribution in [2.45, 2.75) is 32.7 Å². The zero-order valence-electron chi connectivity index (χ0n) is 12.5. The zero-order valence-corrected chi connectivity index (χ0v) is 13.3. The number of carbonyl (C=O) groups is 2. The molecule has 0 saturated carbocycles. The fourth-order valence-corrected chi connectivity index (χ4v) is 2.43. The first-order chi connectivity index (χ1) is 10.6. The number of rotatable bonds is 7. The normalized spacial score (nSPS) is 11.9. The van der Waals surface area contributed by atoms with Crippen molar-refractivity contribution in [3.8, 4) is 11.4 Å². The van der Waals surface area contributed by atoms with Crippen molar-refractivity contribution in [3.63, 3.8) is 0 Å². The second-order valence-corrected chi connectivity index (χ2v) is 5.49. The summed E-state index contributed by atoms with van der Waals surface area (Å²) in [6.07, 6.45) is 0.528. The number of amides is 2. The van der Waals surface area contributed by atoms with E-state index in [-0.39, 0.29) is 18.2 Å². The van der Waals surface area contributed by atoms with Gasteiger partial charge in [0, 0.05) is 30.3 Å². The topological polar surface area (TPSA) is 97.1 Å². The molecular formula is C14H18N4O3S. The van der Waals surface area contributed by atoms with Crippen LogP contribution in [0.5, 0.6) is 0 Å². The minimum Gasteiger partial charge on any atom is -0.355 e. The Kier molecular flexibility index (Phi) is 5.65. The molecule has 0 aromatic carbocycles. The summed E-state index contributed by atoms with van der Waals surface area (Å²) in [5.74, 6) is 0.497. The molecule has 2 N–H and O–H groups in total. The summed E-state index contributed by atoms with van der Waals surface area (Å²) in [5, 5.41) is 13.0. The van der Waals surface area contributed by atoms with E-state index in [1.54, 1.807) is 18.3 Å². The van der Waals surface area contributed by atoms with E-state index in [0.29, 0.717) is 24.7 Å². The van der Waals surface area contributed by atoms with Gasteiger partial charge in [-0.3, -0.25) is 9.59 Å². The molecule has 8 heteroatoms. The molecule has 0 saturated heterocycles. The highest BCUT2D eigenvalue weighted by molar-refractivity contribution is 7.08. The standard InChI is InChI=1S/C14H18N4O3S/c1-3-15-14(20)9(2)16-11(19)4-5-12-17-13(18-21-12)10-6-7-22-8-10/h6-9H,3-5H2,1-2H3,(H,15,20)(H,16,19)/t9-/m0/s1. The molecule has 0 bridgehead atoms. The highest BCUT2D eigenvalue weighted by Gasteiger charge is 2.16. The fraction of sp³-hybridized carbons (Fsp3) is 0.429. The molecule has 0 aliphatic carbocycles. The van der Waals surface area contributed by atoms with Gasteiger partial charge in [0.15, 0.2) is 0 Å². The number of hydrogen-bond acceptors (Lipinski definition) is 6. The van der Waals surface area contributed by atoms with Gasteiger partial charge in [0.05, 0.1) is 0 Å². The summed E-state index contributed by atoms with van der Waals surface area (Å²) in [7, 11) is 0. The molecule has 2 aromatic rings. The van der Waals surface area contributed by atoms with E-state index >= 15 is 0 Å². The monoisotopic (exact) mass is 322 g/mol. The van der Waals surface area contributed by atoms with Gasteiger partial charge in [-0.1, -0.05) is 5.16 Å². The van der Waals surface area contributed by atoms with Gasteiger partial charge in [-0.05, 0) is 25.3 Å². The van der Waals surface area contributed by atoms with Crippen LogP contribution in [0.2, 0.25) is 0 Å². The quantitative estimate of drug-likeness (QED) is 0.802. The van der Waals surface area contributed by atoms with Crippen LogP contribution in [-0.4, -0.2) is 34.5 Å². The molecule has 1 atom stereocenters. The molecule has 2 heterocycles. The predicted octanol–water partition coefficient (Wildman–Crippen LogP) is 1.37. The fourth-order valence-electron chi connectivity index (χ4n) is 1.79. The molecule has 2 rings (SSSR count). The number of aryl methyl sites for hydroxylation is 1. The van der Waals surface area contributed by atoms with Gasteiger partial charge in [-0.25, -0.2) is 0 Å². The maximum atomic E-state index is 11.8. The van der Waals surface area contributed by atoms with Crippen LogP contribution in [0.15, 0.2) is 21.3 Å². The molecular weight excluding hydrogens is 304 g/mol. The first-order valence-corrected chi connectivity index (χ1v) is 7.96. The van der Waals surface area contributed by atoms with Gasteiger partial charge >= 0.3 is 0 Å². The smallest absolute Gasteiger partial charge is 0.242 e. The van der Waals surface area contributed by atoms with Crippen molar-refractivity contribution >= 4 is 23.2 Å². The number of thiophene rings is 1. The molecule has 0 fully saturated rings. The van der Waals surface area contributed by atoms with Crippen molar-refractivity contribution in [1.29, 1.82) is 0 Å². The van der Waals surface area contributed by atoms with Crippen molar-refractivity contribution in [1.82, 2.24) is 20.8 Å². The van der Waals surface area contributed by atoms with Gasteiger partial charge in [0.2, 0.25) is 23.5 Å². The maximum Gasteiger partial charge on any atom is 0.242 e. The summed E-state index contributed by atoms with van der Waals surface area (Å²) >= 11 is 1.55. The molecule has 22 heavy (non-hydrogen) atoms. The molecule has 2 amide bonds. The third-order valence-corrected chi connectivity index (χ3v) is 3.62. The average Bonchev–Trinajstić information content (AvgIpc) is 3.16. The molecule has 2 aromatic heterocycles. The number of nitrogens with zero attached hydrogens (tertiary/aromatic N) is 2. The lowest BCUT2D eigenvalue weighted by Crippen LogP contribution is -2.44. The molecule has 0 radical (unpaired) electrons. The van der Waals surface area contributed by atoms with Crippen molar-refractivity contribution in [3.05, 3.63) is 22.7 Å². The second kappa shape index (κ2) is 7.69. The van der Waals surface area contributed by atoms with Gasteiger partial charge < -0.3 is 15.2 Å². The highest BCUT2D eigenvalue weighted by Crippen LogP contribution is 2.18. The van der Waals surface area contributed by atoms with Crippen molar-refractivity contribution in [2.24, 2.45) is 0 Å². The van der Waals surface area contributed by atoms with Gasteiger partial charge in [-0.15, -0.1) is 0 Å². The van der Waals surface area contributed by atoms with E-state index in [4.69, 9.17) is 4.52 Å². The van der Waals surface area contributed by atoms with E-state index in [1.807, 2.05) is 23.8 Å². The number of aromatic nitrogens is 2. The third kappa shape index (κ3) is 4.39. The Labute approximate surface area is 132 Å². The number of carbonyl (C=O) groups excluding carboxylic acids is 2. The first-order valence-electron chi connectivity index (χ1n) is 7.02. The lowest BCUT2D eigenvalue weighted by molar-refractivity contribution is -0.128. The molecule has 0 aliphatic rings. The Morgan fingerprint density at radius 3 is 2.95 bits per heavy atom. The van der Waals surface area contributed by atoms with E-state index < -0.39 is 6.04 Å². The van der Waals surface area contributed by atoms with Crippen LogP contribution in [0.1, 0.15) is 26.2 Å². The van der Waals surface area contributed by atoms with Crippen LogP contribution in [0, 0.1) is 0 Å². The first kappa shape index (κ1) is 16.2. The number of hydrogen-bond donors (Lipinski definition) is 2.